The molecule has 0 aliphatic heterocycles. The quantitative estimate of drug-likeness (QED) is 0.632. The number of hydrogen-bond acceptors (Lipinski definition) is 4. The maximum absolute atomic E-state index is 11.4. The summed E-state index contributed by atoms with van der Waals surface area (Å²) in [5.74, 6) is 0.770. The molecule has 0 bridgehead atoms. The molecule has 1 aromatic rings. The Kier molecular flexibility index (Phi) is 6.73. The number of ketones is 1. The molecule has 0 amide bonds. The Labute approximate surface area is 114 Å². The van der Waals surface area contributed by atoms with Gasteiger partial charge in [-0.15, -0.1) is 0 Å². The van der Waals surface area contributed by atoms with E-state index < -0.39 is 0 Å². The van der Waals surface area contributed by atoms with E-state index >= 15 is 0 Å². The highest BCUT2D eigenvalue weighted by molar-refractivity contribution is 5.94. The summed E-state index contributed by atoms with van der Waals surface area (Å²) < 4.78 is 10.9. The lowest BCUT2D eigenvalue weighted by Crippen LogP contribution is -2.11. The van der Waals surface area contributed by atoms with Gasteiger partial charge in [-0.1, -0.05) is 26.7 Å². The summed E-state index contributed by atoms with van der Waals surface area (Å²) in [5.41, 5.74) is 0. The highest BCUT2D eigenvalue weighted by Crippen LogP contribution is 2.20. The Morgan fingerprint density at radius 1 is 1.37 bits per heavy atom. The lowest BCUT2D eigenvalue weighted by molar-refractivity contribution is 0.0959. The largest absolute Gasteiger partial charge is 0.465 e. The van der Waals surface area contributed by atoms with Crippen LogP contribution in [-0.4, -0.2) is 12.4 Å². The number of ether oxygens (including phenoxy) is 1. The van der Waals surface area contributed by atoms with Gasteiger partial charge in [0, 0.05) is 6.07 Å². The Hall–Kier alpha value is -1.76. The van der Waals surface area contributed by atoms with Crippen molar-refractivity contribution in [3.63, 3.8) is 0 Å². The Morgan fingerprint density at radius 3 is 2.63 bits per heavy atom. The van der Waals surface area contributed by atoms with Crippen molar-refractivity contribution >= 4 is 5.78 Å². The second kappa shape index (κ2) is 8.36. The molecule has 0 fully saturated rings. The molecule has 4 heteroatoms. The van der Waals surface area contributed by atoms with E-state index in [-0.39, 0.29) is 18.0 Å². The predicted molar refractivity (Wildman–Crippen MR) is 72.1 cm³/mol. The molecule has 0 aromatic carbocycles. The standard InChI is InChI=1S/C15H21NO3/c1-3-5-12(6-4-2)11-18-15-8-7-14(19-15)13(17)9-10-16/h7-8,12H,3-6,9,11H2,1-2H3. The first-order chi connectivity index (χ1) is 9.21. The Bertz CT molecular complexity index is 425. The molecule has 1 aromatic heterocycles. The zero-order chi connectivity index (χ0) is 14.1. The molecule has 0 spiro atoms. The van der Waals surface area contributed by atoms with E-state index in [4.69, 9.17) is 14.4 Å². The van der Waals surface area contributed by atoms with E-state index in [2.05, 4.69) is 13.8 Å². The van der Waals surface area contributed by atoms with Crippen molar-refractivity contribution in [2.75, 3.05) is 6.61 Å². The van der Waals surface area contributed by atoms with Crippen molar-refractivity contribution in [3.05, 3.63) is 17.9 Å². The molecule has 1 heterocycles. The second-order valence-electron chi connectivity index (χ2n) is 4.63. The number of carbonyl (C=O) groups is 1. The molecule has 0 radical (unpaired) electrons. The predicted octanol–water partition coefficient (Wildman–Crippen LogP) is 3.97. The van der Waals surface area contributed by atoms with Crippen LogP contribution in [0.5, 0.6) is 5.95 Å². The lowest BCUT2D eigenvalue weighted by atomic mass is 9.99. The molecule has 104 valence electrons. The minimum absolute atomic E-state index is 0.165. The summed E-state index contributed by atoms with van der Waals surface area (Å²) in [6, 6.07) is 5.01. The summed E-state index contributed by atoms with van der Waals surface area (Å²) in [5, 5.41) is 8.46. The number of nitriles is 1. The van der Waals surface area contributed by atoms with Crippen LogP contribution in [0.2, 0.25) is 0 Å². The van der Waals surface area contributed by atoms with Gasteiger partial charge in [0.05, 0.1) is 12.7 Å². The first-order valence-corrected chi connectivity index (χ1v) is 6.84. The molecular formula is C15H21NO3. The van der Waals surface area contributed by atoms with Crippen molar-refractivity contribution in [2.45, 2.75) is 46.0 Å². The molecule has 19 heavy (non-hydrogen) atoms. The zero-order valence-corrected chi connectivity index (χ0v) is 11.6. The van der Waals surface area contributed by atoms with Gasteiger partial charge in [-0.2, -0.15) is 5.26 Å². The monoisotopic (exact) mass is 263 g/mol. The van der Waals surface area contributed by atoms with Crippen LogP contribution >= 0.6 is 0 Å². The van der Waals surface area contributed by atoms with Crippen molar-refractivity contribution < 1.29 is 13.9 Å². The van der Waals surface area contributed by atoms with Crippen LogP contribution in [0.25, 0.3) is 0 Å². The molecular weight excluding hydrogens is 242 g/mol. The Balaban J connectivity index is 2.49. The van der Waals surface area contributed by atoms with Gasteiger partial charge in [0.2, 0.25) is 5.78 Å². The number of furan rings is 1. The SMILES string of the molecule is CCCC(CCC)COc1ccc(C(=O)CC#N)o1. The summed E-state index contributed by atoms with van der Waals surface area (Å²) in [6.45, 7) is 4.93. The van der Waals surface area contributed by atoms with Gasteiger partial charge < -0.3 is 9.15 Å². The smallest absolute Gasteiger partial charge is 0.284 e. The van der Waals surface area contributed by atoms with Crippen LogP contribution < -0.4 is 4.74 Å². The van der Waals surface area contributed by atoms with Crippen molar-refractivity contribution in [1.82, 2.24) is 0 Å². The third kappa shape index (κ3) is 5.17. The van der Waals surface area contributed by atoms with Gasteiger partial charge in [-0.05, 0) is 24.8 Å². The molecule has 0 unspecified atom stereocenters. The number of carbonyl (C=O) groups excluding carboxylic acids is 1. The molecule has 1 rings (SSSR count). The fraction of sp³-hybridized carbons (Fsp3) is 0.600. The van der Waals surface area contributed by atoms with Gasteiger partial charge in [0.15, 0.2) is 5.76 Å². The number of nitrogens with zero attached hydrogens (tertiary/aromatic N) is 1. The van der Waals surface area contributed by atoms with Crippen LogP contribution in [0.4, 0.5) is 0 Å². The summed E-state index contributed by atoms with van der Waals surface area (Å²) in [4.78, 5) is 11.4. The first kappa shape index (κ1) is 15.3. The fourth-order valence-electron chi connectivity index (χ4n) is 2.03. The van der Waals surface area contributed by atoms with Gasteiger partial charge in [0.25, 0.3) is 5.95 Å². The number of rotatable bonds is 9. The van der Waals surface area contributed by atoms with Gasteiger partial charge >= 0.3 is 0 Å². The first-order valence-electron chi connectivity index (χ1n) is 6.84. The van der Waals surface area contributed by atoms with E-state index in [1.807, 2.05) is 6.07 Å². The number of hydrogen-bond donors (Lipinski definition) is 0. The second-order valence-corrected chi connectivity index (χ2v) is 4.63. The maximum atomic E-state index is 11.4. The van der Waals surface area contributed by atoms with Crippen LogP contribution in [0.1, 0.15) is 56.5 Å². The van der Waals surface area contributed by atoms with E-state index in [0.717, 1.165) is 25.7 Å². The molecule has 0 aliphatic carbocycles. The van der Waals surface area contributed by atoms with Crippen molar-refractivity contribution in [1.29, 1.82) is 5.26 Å². The van der Waals surface area contributed by atoms with E-state index in [1.54, 1.807) is 12.1 Å². The summed E-state index contributed by atoms with van der Waals surface area (Å²) in [6.07, 6.45) is 4.38. The van der Waals surface area contributed by atoms with Gasteiger partial charge in [0.1, 0.15) is 6.42 Å². The lowest BCUT2D eigenvalue weighted by Gasteiger charge is -2.14. The summed E-state index contributed by atoms with van der Waals surface area (Å²) >= 11 is 0. The Morgan fingerprint density at radius 2 is 2.05 bits per heavy atom. The van der Waals surface area contributed by atoms with Crippen LogP contribution in [0.15, 0.2) is 16.5 Å². The topological polar surface area (TPSA) is 63.2 Å². The highest BCUT2D eigenvalue weighted by atomic mass is 16.6. The molecule has 4 nitrogen and oxygen atoms in total. The van der Waals surface area contributed by atoms with Gasteiger partial charge in [-0.3, -0.25) is 4.79 Å². The van der Waals surface area contributed by atoms with Crippen LogP contribution in [0.3, 0.4) is 0 Å². The summed E-state index contributed by atoms with van der Waals surface area (Å²) in [7, 11) is 0. The van der Waals surface area contributed by atoms with E-state index in [9.17, 15) is 4.79 Å². The average Bonchev–Trinajstić information content (AvgIpc) is 2.86. The third-order valence-corrected chi connectivity index (χ3v) is 2.95. The molecule has 0 N–H and O–H groups in total. The molecule has 0 aliphatic rings. The van der Waals surface area contributed by atoms with Crippen LogP contribution in [-0.2, 0) is 0 Å². The molecule has 0 atom stereocenters. The van der Waals surface area contributed by atoms with E-state index in [0.29, 0.717) is 18.5 Å². The zero-order valence-electron chi connectivity index (χ0n) is 11.6. The maximum Gasteiger partial charge on any atom is 0.284 e. The average molecular weight is 263 g/mol. The highest BCUT2D eigenvalue weighted by Gasteiger charge is 2.13. The van der Waals surface area contributed by atoms with Crippen molar-refractivity contribution in [3.8, 4) is 12.0 Å². The molecule has 0 saturated carbocycles. The normalized spacial score (nSPS) is 10.4. The van der Waals surface area contributed by atoms with Gasteiger partial charge in [-0.25, -0.2) is 0 Å². The number of Topliss-reactive ketones (excluding diaryl/α,β-unsaturated/α-hetero) is 1. The minimum Gasteiger partial charge on any atom is -0.465 e. The third-order valence-electron chi connectivity index (χ3n) is 2.95. The minimum atomic E-state index is -0.309. The van der Waals surface area contributed by atoms with E-state index in [1.165, 1.54) is 0 Å². The van der Waals surface area contributed by atoms with Crippen LogP contribution in [0, 0.1) is 17.2 Å². The van der Waals surface area contributed by atoms with Crippen molar-refractivity contribution in [2.24, 2.45) is 5.92 Å². The molecule has 0 saturated heterocycles. The fourth-order valence-corrected chi connectivity index (χ4v) is 2.03.